The SMILES string of the molecule is CC(C)C(N)CC(=O)NCCc1ccc(S(N)(=O)=O)cc1. The van der Waals surface area contributed by atoms with Gasteiger partial charge in [0.2, 0.25) is 15.9 Å². The Morgan fingerprint density at radius 1 is 1.24 bits per heavy atom. The van der Waals surface area contributed by atoms with Crippen LogP contribution in [-0.2, 0) is 21.2 Å². The molecular weight excluding hydrogens is 290 g/mol. The first kappa shape index (κ1) is 17.6. The van der Waals surface area contributed by atoms with Crippen molar-refractivity contribution >= 4 is 15.9 Å². The first-order valence-electron chi connectivity index (χ1n) is 6.84. The summed E-state index contributed by atoms with van der Waals surface area (Å²) >= 11 is 0. The molecule has 0 radical (unpaired) electrons. The second-order valence-electron chi connectivity index (χ2n) is 5.40. The molecule has 0 spiro atoms. The summed E-state index contributed by atoms with van der Waals surface area (Å²) in [6.07, 6.45) is 0.926. The molecule has 0 fully saturated rings. The smallest absolute Gasteiger partial charge is 0.238 e. The average Bonchev–Trinajstić information content (AvgIpc) is 2.38. The molecule has 1 amide bonds. The van der Waals surface area contributed by atoms with Gasteiger partial charge < -0.3 is 11.1 Å². The molecule has 1 aromatic rings. The second-order valence-corrected chi connectivity index (χ2v) is 6.96. The summed E-state index contributed by atoms with van der Waals surface area (Å²) in [6.45, 7) is 4.44. The maximum absolute atomic E-state index is 11.6. The van der Waals surface area contributed by atoms with E-state index in [1.807, 2.05) is 13.8 Å². The van der Waals surface area contributed by atoms with Crippen LogP contribution >= 0.6 is 0 Å². The van der Waals surface area contributed by atoms with Gasteiger partial charge in [-0.05, 0) is 30.0 Å². The number of nitrogens with one attached hydrogen (secondary N) is 1. The summed E-state index contributed by atoms with van der Waals surface area (Å²) in [5.74, 6) is 0.193. The topological polar surface area (TPSA) is 115 Å². The van der Waals surface area contributed by atoms with Crippen LogP contribution in [0.5, 0.6) is 0 Å². The highest BCUT2D eigenvalue weighted by Gasteiger charge is 2.12. The number of amides is 1. The van der Waals surface area contributed by atoms with Crippen LogP contribution in [0.2, 0.25) is 0 Å². The first-order chi connectivity index (χ1) is 9.70. The molecule has 118 valence electrons. The van der Waals surface area contributed by atoms with Crippen LogP contribution in [0.15, 0.2) is 29.2 Å². The van der Waals surface area contributed by atoms with Crippen molar-refractivity contribution in [3.8, 4) is 0 Å². The number of carbonyl (C=O) groups is 1. The molecule has 21 heavy (non-hydrogen) atoms. The van der Waals surface area contributed by atoms with Gasteiger partial charge in [-0.3, -0.25) is 4.79 Å². The minimum Gasteiger partial charge on any atom is -0.356 e. The van der Waals surface area contributed by atoms with Gasteiger partial charge in [0.15, 0.2) is 0 Å². The Morgan fingerprint density at radius 3 is 2.29 bits per heavy atom. The monoisotopic (exact) mass is 313 g/mol. The summed E-state index contributed by atoms with van der Waals surface area (Å²) in [6, 6.07) is 6.15. The molecular formula is C14H23N3O3S. The summed E-state index contributed by atoms with van der Waals surface area (Å²) in [5.41, 5.74) is 6.75. The van der Waals surface area contributed by atoms with Gasteiger partial charge in [0.1, 0.15) is 0 Å². The van der Waals surface area contributed by atoms with E-state index in [1.54, 1.807) is 12.1 Å². The maximum atomic E-state index is 11.6. The summed E-state index contributed by atoms with van der Waals surface area (Å²) in [4.78, 5) is 11.7. The largest absolute Gasteiger partial charge is 0.356 e. The second kappa shape index (κ2) is 7.53. The van der Waals surface area contributed by atoms with Gasteiger partial charge in [0.25, 0.3) is 0 Å². The normalized spacial score (nSPS) is 13.2. The van der Waals surface area contributed by atoms with Crippen molar-refractivity contribution in [3.63, 3.8) is 0 Å². The molecule has 1 atom stereocenters. The van der Waals surface area contributed by atoms with E-state index >= 15 is 0 Å². The highest BCUT2D eigenvalue weighted by atomic mass is 32.2. The number of benzene rings is 1. The third-order valence-corrected chi connectivity index (χ3v) is 4.19. The van der Waals surface area contributed by atoms with Gasteiger partial charge in [-0.25, -0.2) is 13.6 Å². The fourth-order valence-electron chi connectivity index (χ4n) is 1.71. The van der Waals surface area contributed by atoms with Crippen LogP contribution in [0.3, 0.4) is 0 Å². The molecule has 0 saturated carbocycles. The number of sulfonamides is 1. The van der Waals surface area contributed by atoms with Crippen LogP contribution in [0, 0.1) is 5.92 Å². The Hall–Kier alpha value is -1.44. The summed E-state index contributed by atoms with van der Waals surface area (Å²) in [5, 5.41) is 7.82. The lowest BCUT2D eigenvalue weighted by atomic mass is 10.0. The highest BCUT2D eigenvalue weighted by molar-refractivity contribution is 7.89. The molecule has 7 heteroatoms. The van der Waals surface area contributed by atoms with Crippen molar-refractivity contribution in [2.45, 2.75) is 37.6 Å². The van der Waals surface area contributed by atoms with E-state index < -0.39 is 10.0 Å². The van der Waals surface area contributed by atoms with Crippen molar-refractivity contribution in [1.82, 2.24) is 5.32 Å². The van der Waals surface area contributed by atoms with Crippen LogP contribution in [0.25, 0.3) is 0 Å². The third kappa shape index (κ3) is 6.24. The first-order valence-corrected chi connectivity index (χ1v) is 8.39. The Bertz CT molecular complexity index is 568. The molecule has 5 N–H and O–H groups in total. The zero-order valence-corrected chi connectivity index (χ0v) is 13.2. The van der Waals surface area contributed by atoms with Crippen molar-refractivity contribution in [2.24, 2.45) is 16.8 Å². The molecule has 1 unspecified atom stereocenters. The predicted molar refractivity (Wildman–Crippen MR) is 82.0 cm³/mol. The van der Waals surface area contributed by atoms with E-state index in [1.165, 1.54) is 12.1 Å². The lowest BCUT2D eigenvalue weighted by Gasteiger charge is -2.15. The van der Waals surface area contributed by atoms with Crippen LogP contribution < -0.4 is 16.2 Å². The molecule has 0 aliphatic heterocycles. The van der Waals surface area contributed by atoms with Gasteiger partial charge in [-0.1, -0.05) is 26.0 Å². The number of primary sulfonamides is 1. The molecule has 1 rings (SSSR count). The fraction of sp³-hybridized carbons (Fsp3) is 0.500. The quantitative estimate of drug-likeness (QED) is 0.674. The molecule has 0 aliphatic rings. The zero-order valence-electron chi connectivity index (χ0n) is 12.4. The van der Waals surface area contributed by atoms with E-state index in [-0.39, 0.29) is 22.8 Å². The number of rotatable bonds is 7. The minimum atomic E-state index is -3.66. The molecule has 0 heterocycles. The molecule has 0 aliphatic carbocycles. The summed E-state index contributed by atoms with van der Waals surface area (Å²) < 4.78 is 22.2. The van der Waals surface area contributed by atoms with Crippen LogP contribution in [0.4, 0.5) is 0 Å². The Labute approximate surface area is 126 Å². The predicted octanol–water partition coefficient (Wildman–Crippen LogP) is 0.366. The van der Waals surface area contributed by atoms with Crippen molar-refractivity contribution < 1.29 is 13.2 Å². The minimum absolute atomic E-state index is 0.0719. The van der Waals surface area contributed by atoms with Crippen molar-refractivity contribution in [3.05, 3.63) is 29.8 Å². The number of hydrogen-bond donors (Lipinski definition) is 3. The number of carbonyl (C=O) groups excluding carboxylic acids is 1. The van der Waals surface area contributed by atoms with Crippen LogP contribution in [-0.4, -0.2) is 26.9 Å². The lowest BCUT2D eigenvalue weighted by molar-refractivity contribution is -0.121. The highest BCUT2D eigenvalue weighted by Crippen LogP contribution is 2.09. The number of nitrogens with two attached hydrogens (primary N) is 2. The van der Waals surface area contributed by atoms with Gasteiger partial charge >= 0.3 is 0 Å². The summed E-state index contributed by atoms with van der Waals surface area (Å²) in [7, 11) is -3.66. The lowest BCUT2D eigenvalue weighted by Crippen LogP contribution is -2.35. The molecule has 0 bridgehead atoms. The van der Waals surface area contributed by atoms with E-state index in [2.05, 4.69) is 5.32 Å². The Balaban J connectivity index is 2.41. The molecule has 6 nitrogen and oxygen atoms in total. The maximum Gasteiger partial charge on any atom is 0.238 e. The molecule has 0 saturated heterocycles. The van der Waals surface area contributed by atoms with E-state index in [0.717, 1.165) is 5.56 Å². The molecule has 0 aromatic heterocycles. The van der Waals surface area contributed by atoms with E-state index in [9.17, 15) is 13.2 Å². The van der Waals surface area contributed by atoms with Crippen molar-refractivity contribution in [1.29, 1.82) is 0 Å². The van der Waals surface area contributed by atoms with Gasteiger partial charge in [0.05, 0.1) is 4.90 Å². The third-order valence-electron chi connectivity index (χ3n) is 3.27. The Kier molecular flexibility index (Phi) is 6.32. The standard InChI is InChI=1S/C14H23N3O3S/c1-10(2)13(15)9-14(18)17-8-7-11-3-5-12(6-4-11)21(16,19)20/h3-6,10,13H,7-9,15H2,1-2H3,(H,17,18)(H2,16,19,20). The fourth-order valence-corrected chi connectivity index (χ4v) is 2.23. The van der Waals surface area contributed by atoms with E-state index in [4.69, 9.17) is 10.9 Å². The van der Waals surface area contributed by atoms with Gasteiger partial charge in [-0.15, -0.1) is 0 Å². The van der Waals surface area contributed by atoms with Crippen LogP contribution in [0.1, 0.15) is 25.8 Å². The Morgan fingerprint density at radius 2 is 1.81 bits per heavy atom. The van der Waals surface area contributed by atoms with Crippen molar-refractivity contribution in [2.75, 3.05) is 6.54 Å². The van der Waals surface area contributed by atoms with Gasteiger partial charge in [0, 0.05) is 19.0 Å². The van der Waals surface area contributed by atoms with Gasteiger partial charge in [-0.2, -0.15) is 0 Å². The zero-order chi connectivity index (χ0) is 16.0. The average molecular weight is 313 g/mol. The number of hydrogen-bond acceptors (Lipinski definition) is 4. The molecule has 1 aromatic carbocycles. The van der Waals surface area contributed by atoms with E-state index in [0.29, 0.717) is 19.4 Å².